The molecule has 0 saturated carbocycles. The first-order valence-corrected chi connectivity index (χ1v) is 9.19. The number of benzene rings is 1. The fourth-order valence-electron chi connectivity index (χ4n) is 3.85. The van der Waals surface area contributed by atoms with E-state index in [1.807, 2.05) is 17.9 Å². The zero-order valence-electron chi connectivity index (χ0n) is 15.4. The zero-order valence-corrected chi connectivity index (χ0v) is 15.4. The molecule has 0 spiro atoms. The first-order valence-electron chi connectivity index (χ1n) is 9.19. The van der Waals surface area contributed by atoms with Crippen LogP contribution in [0.15, 0.2) is 30.5 Å². The van der Waals surface area contributed by atoms with Crippen LogP contribution in [-0.2, 0) is 26.2 Å². The molecule has 0 N–H and O–H groups in total. The summed E-state index contributed by atoms with van der Waals surface area (Å²) in [4.78, 5) is 2.41. The van der Waals surface area contributed by atoms with Crippen LogP contribution in [0.1, 0.15) is 41.6 Å². The average molecular weight is 365 g/mol. The third-order valence-corrected chi connectivity index (χ3v) is 5.48. The molecule has 142 valence electrons. The van der Waals surface area contributed by atoms with E-state index >= 15 is 0 Å². The summed E-state index contributed by atoms with van der Waals surface area (Å²) in [5, 5.41) is 4.29. The molecule has 3 nitrogen and oxygen atoms in total. The van der Waals surface area contributed by atoms with Gasteiger partial charge in [-0.05, 0) is 56.7 Å². The lowest BCUT2D eigenvalue weighted by Crippen LogP contribution is -2.35. The van der Waals surface area contributed by atoms with E-state index in [4.69, 9.17) is 0 Å². The molecule has 0 amide bonds. The zero-order chi connectivity index (χ0) is 18.7. The van der Waals surface area contributed by atoms with Crippen LogP contribution in [0.3, 0.4) is 0 Å². The van der Waals surface area contributed by atoms with Crippen LogP contribution in [0, 0.1) is 12.8 Å². The van der Waals surface area contributed by atoms with Crippen LogP contribution in [0.4, 0.5) is 13.2 Å². The fourth-order valence-corrected chi connectivity index (χ4v) is 3.85. The molecule has 26 heavy (non-hydrogen) atoms. The molecule has 1 aromatic heterocycles. The van der Waals surface area contributed by atoms with Gasteiger partial charge in [0.1, 0.15) is 0 Å². The van der Waals surface area contributed by atoms with E-state index in [0.29, 0.717) is 17.9 Å². The van der Waals surface area contributed by atoms with E-state index in [2.05, 4.69) is 16.9 Å². The number of nitrogens with zero attached hydrogens (tertiary/aromatic N) is 3. The Morgan fingerprint density at radius 1 is 1.19 bits per heavy atom. The molecule has 0 radical (unpaired) electrons. The normalized spacial score (nSPS) is 19.0. The van der Waals surface area contributed by atoms with Gasteiger partial charge < -0.3 is 0 Å². The van der Waals surface area contributed by atoms with Crippen molar-refractivity contribution in [1.29, 1.82) is 0 Å². The van der Waals surface area contributed by atoms with Crippen molar-refractivity contribution in [2.45, 2.75) is 45.3 Å². The third-order valence-electron chi connectivity index (χ3n) is 5.48. The molecular weight excluding hydrogens is 339 g/mol. The van der Waals surface area contributed by atoms with Gasteiger partial charge in [0.2, 0.25) is 0 Å². The van der Waals surface area contributed by atoms with Crippen molar-refractivity contribution in [3.8, 4) is 0 Å². The fraction of sp³-hybridized carbons (Fsp3) is 0.550. The number of aromatic nitrogens is 2. The third kappa shape index (κ3) is 4.47. The summed E-state index contributed by atoms with van der Waals surface area (Å²) in [5.74, 6) is 0.446. The highest BCUT2D eigenvalue weighted by molar-refractivity contribution is 5.29. The number of aryl methyl sites for hydroxylation is 2. The van der Waals surface area contributed by atoms with E-state index < -0.39 is 11.7 Å². The minimum Gasteiger partial charge on any atom is -0.299 e. The van der Waals surface area contributed by atoms with Gasteiger partial charge in [-0.1, -0.05) is 18.2 Å². The Bertz CT molecular complexity index is 736. The Kier molecular flexibility index (Phi) is 5.70. The molecular formula is C20H26F3N3. The highest BCUT2D eigenvalue weighted by Gasteiger charge is 2.33. The smallest absolute Gasteiger partial charge is 0.299 e. The molecule has 2 aromatic rings. The first kappa shape index (κ1) is 19.0. The summed E-state index contributed by atoms with van der Waals surface area (Å²) in [6, 6.07) is 5.96. The summed E-state index contributed by atoms with van der Waals surface area (Å²) in [7, 11) is 1.94. The van der Waals surface area contributed by atoms with Crippen LogP contribution in [0.5, 0.6) is 0 Å². The molecule has 1 aliphatic heterocycles. The predicted octanol–water partition coefficient (Wildman–Crippen LogP) is 4.59. The van der Waals surface area contributed by atoms with Gasteiger partial charge in [0.15, 0.2) is 0 Å². The molecule has 1 saturated heterocycles. The van der Waals surface area contributed by atoms with Crippen molar-refractivity contribution < 1.29 is 13.2 Å². The van der Waals surface area contributed by atoms with Crippen molar-refractivity contribution in [3.05, 3.63) is 52.8 Å². The van der Waals surface area contributed by atoms with Crippen molar-refractivity contribution >= 4 is 0 Å². The van der Waals surface area contributed by atoms with E-state index in [1.54, 1.807) is 12.1 Å². The summed E-state index contributed by atoms with van der Waals surface area (Å²) in [5.41, 5.74) is 2.33. The lowest BCUT2D eigenvalue weighted by Gasteiger charge is -2.33. The molecule has 3 rings (SSSR count). The lowest BCUT2D eigenvalue weighted by atomic mass is 9.90. The Morgan fingerprint density at radius 2 is 1.96 bits per heavy atom. The second-order valence-corrected chi connectivity index (χ2v) is 7.32. The molecule has 1 aliphatic rings. The number of hydrogen-bond acceptors (Lipinski definition) is 2. The predicted molar refractivity (Wildman–Crippen MR) is 95.7 cm³/mol. The van der Waals surface area contributed by atoms with Crippen molar-refractivity contribution in [2.24, 2.45) is 13.0 Å². The summed E-state index contributed by atoms with van der Waals surface area (Å²) in [6.07, 6.45) is 1.13. The Hall–Kier alpha value is -1.82. The highest BCUT2D eigenvalue weighted by Crippen LogP contribution is 2.33. The largest absolute Gasteiger partial charge is 0.416 e. The molecule has 0 bridgehead atoms. The Morgan fingerprint density at radius 3 is 2.65 bits per heavy atom. The van der Waals surface area contributed by atoms with Gasteiger partial charge in [0, 0.05) is 31.4 Å². The lowest BCUT2D eigenvalue weighted by molar-refractivity contribution is -0.138. The summed E-state index contributed by atoms with van der Waals surface area (Å²) >= 11 is 0. The molecule has 6 heteroatoms. The topological polar surface area (TPSA) is 21.1 Å². The standard InChI is InChI=1S/C20H26F3N3/c1-15-18(12-24-25(15)2)14-26-11-5-6-16(13-26)9-10-17-7-3-4-8-19(17)20(21,22)23/h3-4,7-8,12,16H,5-6,9-11,13-14H2,1-2H3/t16-/m1/s1. The van der Waals surface area contributed by atoms with Gasteiger partial charge in [-0.2, -0.15) is 18.3 Å². The van der Waals surface area contributed by atoms with Gasteiger partial charge in [-0.3, -0.25) is 9.58 Å². The highest BCUT2D eigenvalue weighted by atomic mass is 19.4. The minimum atomic E-state index is -4.27. The quantitative estimate of drug-likeness (QED) is 0.773. The van der Waals surface area contributed by atoms with E-state index in [1.165, 1.54) is 23.4 Å². The minimum absolute atomic E-state index is 0.417. The van der Waals surface area contributed by atoms with Crippen LogP contribution in [-0.4, -0.2) is 27.8 Å². The molecule has 0 aliphatic carbocycles. The molecule has 2 heterocycles. The van der Waals surface area contributed by atoms with E-state index in [0.717, 1.165) is 38.9 Å². The molecule has 0 unspecified atom stereocenters. The second-order valence-electron chi connectivity index (χ2n) is 7.32. The summed E-state index contributed by atoms with van der Waals surface area (Å²) < 4.78 is 41.3. The SMILES string of the molecule is Cc1c(CN2CCC[C@H](CCc3ccccc3C(F)(F)F)C2)cnn1C. The molecule has 1 atom stereocenters. The van der Waals surface area contributed by atoms with Crippen molar-refractivity contribution in [1.82, 2.24) is 14.7 Å². The number of piperidine rings is 1. The number of likely N-dealkylation sites (tertiary alicyclic amines) is 1. The number of hydrogen-bond donors (Lipinski definition) is 0. The summed E-state index contributed by atoms with van der Waals surface area (Å²) in [6.45, 7) is 4.93. The Labute approximate surface area is 152 Å². The maximum absolute atomic E-state index is 13.1. The number of rotatable bonds is 5. The maximum Gasteiger partial charge on any atom is 0.416 e. The Balaban J connectivity index is 1.59. The number of halogens is 3. The van der Waals surface area contributed by atoms with Crippen LogP contribution >= 0.6 is 0 Å². The average Bonchev–Trinajstić information content (AvgIpc) is 2.92. The van der Waals surface area contributed by atoms with Gasteiger partial charge in [-0.15, -0.1) is 0 Å². The van der Waals surface area contributed by atoms with Crippen LogP contribution in [0.2, 0.25) is 0 Å². The molecule has 1 aromatic carbocycles. The van der Waals surface area contributed by atoms with Gasteiger partial charge in [0.05, 0.1) is 11.8 Å². The van der Waals surface area contributed by atoms with Crippen LogP contribution in [0.25, 0.3) is 0 Å². The van der Waals surface area contributed by atoms with Gasteiger partial charge >= 0.3 is 6.18 Å². The van der Waals surface area contributed by atoms with E-state index in [-0.39, 0.29) is 0 Å². The maximum atomic E-state index is 13.1. The monoisotopic (exact) mass is 365 g/mol. The number of alkyl halides is 3. The van der Waals surface area contributed by atoms with Crippen molar-refractivity contribution in [3.63, 3.8) is 0 Å². The first-order chi connectivity index (χ1) is 12.3. The van der Waals surface area contributed by atoms with Crippen LogP contribution < -0.4 is 0 Å². The molecule has 1 fully saturated rings. The van der Waals surface area contributed by atoms with Gasteiger partial charge in [-0.25, -0.2) is 0 Å². The van der Waals surface area contributed by atoms with Crippen molar-refractivity contribution in [2.75, 3.05) is 13.1 Å². The second kappa shape index (κ2) is 7.82. The van der Waals surface area contributed by atoms with Gasteiger partial charge in [0.25, 0.3) is 0 Å². The van der Waals surface area contributed by atoms with E-state index in [9.17, 15) is 13.2 Å².